The molecule has 0 unspecified atom stereocenters. The van der Waals surface area contributed by atoms with Gasteiger partial charge in [-0.25, -0.2) is 4.79 Å². The van der Waals surface area contributed by atoms with Crippen LogP contribution in [0.25, 0.3) is 0 Å². The summed E-state index contributed by atoms with van der Waals surface area (Å²) >= 11 is 0. The Bertz CT molecular complexity index is 973. The van der Waals surface area contributed by atoms with E-state index < -0.39 is 11.4 Å². The van der Waals surface area contributed by atoms with Crippen LogP contribution in [-0.4, -0.2) is 65.2 Å². The Morgan fingerprint density at radius 3 is 2.37 bits per heavy atom. The lowest BCUT2D eigenvalue weighted by Crippen LogP contribution is -2.52. The van der Waals surface area contributed by atoms with Gasteiger partial charge in [-0.1, -0.05) is 13.0 Å². The summed E-state index contributed by atoms with van der Waals surface area (Å²) in [4.78, 5) is 29.1. The summed E-state index contributed by atoms with van der Waals surface area (Å²) in [6.07, 6.45) is 8.29. The van der Waals surface area contributed by atoms with Gasteiger partial charge in [0.25, 0.3) is 0 Å². The van der Waals surface area contributed by atoms with E-state index in [2.05, 4.69) is 29.3 Å². The average Bonchev–Trinajstić information content (AvgIpc) is 3.65. The second kappa shape index (κ2) is 9.30. The summed E-state index contributed by atoms with van der Waals surface area (Å²) in [6, 6.07) is 4.85. The van der Waals surface area contributed by atoms with Gasteiger partial charge >= 0.3 is 12.0 Å². The monoisotopic (exact) mass is 483 g/mol. The number of carboxylic acids is 1. The van der Waals surface area contributed by atoms with Crippen molar-refractivity contribution in [3.8, 4) is 5.75 Å². The van der Waals surface area contributed by atoms with E-state index in [9.17, 15) is 14.7 Å². The van der Waals surface area contributed by atoms with Crippen LogP contribution in [-0.2, 0) is 17.8 Å². The highest BCUT2D eigenvalue weighted by Gasteiger charge is 2.48. The topological polar surface area (TPSA) is 82.1 Å². The number of carbonyl (C=O) groups is 2. The van der Waals surface area contributed by atoms with Crippen LogP contribution in [0.1, 0.15) is 87.8 Å². The number of amides is 2. The van der Waals surface area contributed by atoms with E-state index in [0.29, 0.717) is 18.8 Å². The smallest absolute Gasteiger partial charge is 0.318 e. The minimum absolute atomic E-state index is 0.0416. The molecule has 2 aliphatic heterocycles. The van der Waals surface area contributed by atoms with Gasteiger partial charge in [-0.05, 0) is 93.4 Å². The third kappa shape index (κ3) is 4.76. The number of hydrogen-bond acceptors (Lipinski definition) is 4. The van der Waals surface area contributed by atoms with E-state index in [0.717, 1.165) is 64.0 Å². The van der Waals surface area contributed by atoms with Gasteiger partial charge in [0.1, 0.15) is 5.75 Å². The number of aliphatic carboxylic acids is 1. The summed E-state index contributed by atoms with van der Waals surface area (Å²) < 4.78 is 5.70. The molecule has 2 aliphatic carbocycles. The third-order valence-electron chi connectivity index (χ3n) is 9.28. The Morgan fingerprint density at radius 1 is 1.11 bits per heavy atom. The van der Waals surface area contributed by atoms with Crippen molar-refractivity contribution in [3.63, 3.8) is 0 Å². The second-order valence-corrected chi connectivity index (χ2v) is 11.7. The van der Waals surface area contributed by atoms with E-state index in [1.807, 2.05) is 11.8 Å². The number of nitrogens with one attached hydrogen (secondary N) is 1. The molecule has 1 spiro atoms. The molecule has 2 amide bonds. The molecule has 1 aromatic carbocycles. The lowest BCUT2D eigenvalue weighted by atomic mass is 9.73. The lowest BCUT2D eigenvalue weighted by molar-refractivity contribution is -0.150. The number of benzene rings is 1. The molecule has 192 valence electrons. The zero-order chi connectivity index (χ0) is 24.8. The number of methoxy groups -OCH3 is 1. The molecule has 4 aliphatic rings. The molecular weight excluding hydrogens is 442 g/mol. The normalized spacial score (nSPS) is 28.8. The first-order valence-corrected chi connectivity index (χ1v) is 13.5. The molecule has 0 bridgehead atoms. The molecule has 0 aromatic heterocycles. The van der Waals surface area contributed by atoms with Crippen molar-refractivity contribution in [1.82, 2.24) is 15.1 Å². The SMILES string of the molecule is CCc1cc(OC)c(C2CC2)cc1CN1CCC2(CC1)CN(C1CCC(C)(C(=O)O)CC1)C(=O)N2. The van der Waals surface area contributed by atoms with Gasteiger partial charge < -0.3 is 20.1 Å². The van der Waals surface area contributed by atoms with Crippen molar-refractivity contribution in [2.75, 3.05) is 26.7 Å². The maximum absolute atomic E-state index is 12.9. The molecule has 1 aromatic rings. The third-order valence-corrected chi connectivity index (χ3v) is 9.28. The van der Waals surface area contributed by atoms with Crippen molar-refractivity contribution in [2.24, 2.45) is 5.41 Å². The van der Waals surface area contributed by atoms with E-state index in [-0.39, 0.29) is 17.6 Å². The van der Waals surface area contributed by atoms with Gasteiger partial charge in [0.05, 0.1) is 18.1 Å². The van der Waals surface area contributed by atoms with Crippen LogP contribution in [0.15, 0.2) is 12.1 Å². The molecule has 2 saturated heterocycles. The highest BCUT2D eigenvalue weighted by Crippen LogP contribution is 2.45. The number of nitrogens with zero attached hydrogens (tertiary/aromatic N) is 2. The number of likely N-dealkylation sites (tertiary alicyclic amines) is 1. The minimum atomic E-state index is -0.710. The van der Waals surface area contributed by atoms with Gasteiger partial charge in [-0.3, -0.25) is 9.69 Å². The minimum Gasteiger partial charge on any atom is -0.496 e. The first-order valence-electron chi connectivity index (χ1n) is 13.5. The van der Waals surface area contributed by atoms with Gasteiger partial charge in [-0.15, -0.1) is 0 Å². The molecule has 7 heteroatoms. The zero-order valence-electron chi connectivity index (χ0n) is 21.6. The number of carbonyl (C=O) groups excluding carboxylic acids is 1. The molecule has 0 radical (unpaired) electrons. The Hall–Kier alpha value is -2.28. The van der Waals surface area contributed by atoms with Crippen LogP contribution in [0.5, 0.6) is 5.75 Å². The summed E-state index contributed by atoms with van der Waals surface area (Å²) in [6.45, 7) is 7.72. The number of urea groups is 1. The Kier molecular flexibility index (Phi) is 6.49. The Labute approximate surface area is 209 Å². The van der Waals surface area contributed by atoms with Crippen LogP contribution >= 0.6 is 0 Å². The van der Waals surface area contributed by atoms with Crippen LogP contribution in [0, 0.1) is 5.41 Å². The number of hydrogen-bond donors (Lipinski definition) is 2. The first kappa shape index (κ1) is 24.4. The molecule has 0 atom stereocenters. The van der Waals surface area contributed by atoms with Crippen LogP contribution in [0.4, 0.5) is 4.79 Å². The molecule has 7 nitrogen and oxygen atoms in total. The molecule has 4 fully saturated rings. The van der Waals surface area contributed by atoms with Crippen LogP contribution < -0.4 is 10.1 Å². The predicted molar refractivity (Wildman–Crippen MR) is 135 cm³/mol. The molecule has 35 heavy (non-hydrogen) atoms. The van der Waals surface area contributed by atoms with Crippen LogP contribution in [0.2, 0.25) is 0 Å². The molecule has 5 rings (SSSR count). The zero-order valence-corrected chi connectivity index (χ0v) is 21.6. The first-order chi connectivity index (χ1) is 16.8. The highest BCUT2D eigenvalue weighted by molar-refractivity contribution is 5.78. The summed E-state index contributed by atoms with van der Waals surface area (Å²) in [5.74, 6) is 0.996. The van der Waals surface area contributed by atoms with E-state index >= 15 is 0 Å². The van der Waals surface area contributed by atoms with E-state index in [1.54, 1.807) is 7.11 Å². The van der Waals surface area contributed by atoms with E-state index in [4.69, 9.17) is 4.74 Å². The fourth-order valence-electron chi connectivity index (χ4n) is 6.51. The predicted octanol–water partition coefficient (Wildman–Crippen LogP) is 4.53. The number of carboxylic acid groups (broad SMARTS) is 1. The fraction of sp³-hybridized carbons (Fsp3) is 0.714. The fourth-order valence-corrected chi connectivity index (χ4v) is 6.51. The van der Waals surface area contributed by atoms with Gasteiger partial charge in [0, 0.05) is 32.2 Å². The summed E-state index contributed by atoms with van der Waals surface area (Å²) in [7, 11) is 1.78. The molecule has 2 N–H and O–H groups in total. The average molecular weight is 484 g/mol. The summed E-state index contributed by atoms with van der Waals surface area (Å²) in [5.41, 5.74) is 3.38. The maximum Gasteiger partial charge on any atom is 0.318 e. The second-order valence-electron chi connectivity index (χ2n) is 11.7. The van der Waals surface area contributed by atoms with Crippen molar-refractivity contribution in [3.05, 3.63) is 28.8 Å². The number of rotatable bonds is 7. The highest BCUT2D eigenvalue weighted by atomic mass is 16.5. The van der Waals surface area contributed by atoms with Crippen molar-refractivity contribution >= 4 is 12.0 Å². The van der Waals surface area contributed by atoms with Crippen molar-refractivity contribution in [1.29, 1.82) is 0 Å². The van der Waals surface area contributed by atoms with Gasteiger partial charge in [0.15, 0.2) is 0 Å². The molecule has 2 saturated carbocycles. The van der Waals surface area contributed by atoms with Crippen LogP contribution in [0.3, 0.4) is 0 Å². The molecule has 2 heterocycles. The van der Waals surface area contributed by atoms with Gasteiger partial charge in [-0.2, -0.15) is 0 Å². The Balaban J connectivity index is 1.20. The largest absolute Gasteiger partial charge is 0.496 e. The van der Waals surface area contributed by atoms with Crippen molar-refractivity contribution in [2.45, 2.75) is 95.7 Å². The lowest BCUT2D eigenvalue weighted by Gasteiger charge is -2.40. The number of aryl methyl sites for hydroxylation is 1. The van der Waals surface area contributed by atoms with E-state index in [1.165, 1.54) is 29.5 Å². The van der Waals surface area contributed by atoms with Crippen molar-refractivity contribution < 1.29 is 19.4 Å². The number of piperidine rings is 1. The standard InChI is InChI=1S/C28H41N3O4/c1-4-19-16-24(35-3)23(20-5-6-20)15-21(19)17-30-13-11-28(12-14-30)18-31(26(34)29-28)22-7-9-27(2,10-8-22)25(32)33/h15-16,20,22H,4-14,17-18H2,1-3H3,(H,29,34)(H,32,33). The summed E-state index contributed by atoms with van der Waals surface area (Å²) in [5, 5.41) is 12.9. The maximum atomic E-state index is 12.9. The molecular formula is C28H41N3O4. The Morgan fingerprint density at radius 2 is 1.80 bits per heavy atom. The van der Waals surface area contributed by atoms with Gasteiger partial charge in [0.2, 0.25) is 0 Å². The number of ether oxygens (including phenoxy) is 1. The quantitative estimate of drug-likeness (QED) is 0.596.